The number of nitrogens with zero attached hydrogens (tertiary/aromatic N) is 5. The van der Waals surface area contributed by atoms with E-state index in [0.717, 1.165) is 18.8 Å². The van der Waals surface area contributed by atoms with Crippen LogP contribution in [0.1, 0.15) is 30.2 Å². The molecule has 0 N–H and O–H groups in total. The van der Waals surface area contributed by atoms with Gasteiger partial charge in [0.05, 0.1) is 18.9 Å². The fraction of sp³-hybridized carbons (Fsp3) is 0.389. The third-order valence-corrected chi connectivity index (χ3v) is 4.09. The minimum Gasteiger partial charge on any atom is -0.492 e. The van der Waals surface area contributed by atoms with Crippen molar-refractivity contribution in [1.29, 1.82) is 0 Å². The predicted molar refractivity (Wildman–Crippen MR) is 93.1 cm³/mol. The molecular weight excluding hydrogens is 318 g/mol. The van der Waals surface area contributed by atoms with Crippen LogP contribution in [0.2, 0.25) is 0 Å². The minimum atomic E-state index is 0.0623. The molecule has 3 aromatic rings. The maximum atomic E-state index is 5.76. The zero-order chi connectivity index (χ0) is 17.6. The van der Waals surface area contributed by atoms with Gasteiger partial charge in [-0.2, -0.15) is 4.98 Å². The van der Waals surface area contributed by atoms with Gasteiger partial charge in [-0.3, -0.25) is 4.90 Å². The number of hydrogen-bond acceptors (Lipinski definition) is 6. The van der Waals surface area contributed by atoms with E-state index in [9.17, 15) is 0 Å². The number of rotatable bonds is 8. The summed E-state index contributed by atoms with van der Waals surface area (Å²) in [7, 11) is 2.04. The number of ether oxygens (including phenoxy) is 1. The third kappa shape index (κ3) is 4.67. The van der Waals surface area contributed by atoms with Crippen molar-refractivity contribution >= 4 is 0 Å². The molecule has 0 saturated carbocycles. The summed E-state index contributed by atoms with van der Waals surface area (Å²) in [5, 5.41) is 3.85. The van der Waals surface area contributed by atoms with Gasteiger partial charge < -0.3 is 13.8 Å². The lowest BCUT2D eigenvalue weighted by atomic mass is 10.2. The second kappa shape index (κ2) is 7.94. The molecule has 7 nitrogen and oxygen atoms in total. The Balaban J connectivity index is 1.49. The van der Waals surface area contributed by atoms with Gasteiger partial charge in [0.25, 0.3) is 0 Å². The van der Waals surface area contributed by atoms with E-state index in [1.165, 1.54) is 5.56 Å². The molecule has 0 spiro atoms. The van der Waals surface area contributed by atoms with Crippen molar-refractivity contribution in [2.75, 3.05) is 13.7 Å². The highest BCUT2D eigenvalue weighted by atomic mass is 16.5. The van der Waals surface area contributed by atoms with Gasteiger partial charge in [-0.15, -0.1) is 0 Å². The molecule has 0 saturated heterocycles. The van der Waals surface area contributed by atoms with Crippen molar-refractivity contribution in [2.45, 2.75) is 33.0 Å². The molecule has 0 aliphatic carbocycles. The van der Waals surface area contributed by atoms with Crippen molar-refractivity contribution in [3.8, 4) is 5.75 Å². The summed E-state index contributed by atoms with van der Waals surface area (Å²) in [6.45, 7) is 6.07. The average molecular weight is 341 g/mol. The first kappa shape index (κ1) is 17.2. The highest BCUT2D eigenvalue weighted by Gasteiger charge is 2.17. The molecule has 0 radical (unpaired) electrons. The van der Waals surface area contributed by atoms with E-state index in [4.69, 9.17) is 9.26 Å². The summed E-state index contributed by atoms with van der Waals surface area (Å²) in [6.07, 6.45) is 5.48. The monoisotopic (exact) mass is 341 g/mol. The van der Waals surface area contributed by atoms with E-state index in [2.05, 4.69) is 39.1 Å². The maximum absolute atomic E-state index is 5.76. The minimum absolute atomic E-state index is 0.0623. The fourth-order valence-electron chi connectivity index (χ4n) is 2.48. The van der Waals surface area contributed by atoms with Gasteiger partial charge in [0.2, 0.25) is 5.89 Å². The molecule has 132 valence electrons. The second-order valence-corrected chi connectivity index (χ2v) is 6.06. The van der Waals surface area contributed by atoms with E-state index in [1.807, 2.05) is 36.9 Å². The molecule has 2 aromatic heterocycles. The number of benzene rings is 1. The summed E-state index contributed by atoms with van der Waals surface area (Å²) >= 11 is 0. The number of aryl methyl sites for hydroxylation is 1. The van der Waals surface area contributed by atoms with Crippen molar-refractivity contribution in [1.82, 2.24) is 24.6 Å². The van der Waals surface area contributed by atoms with E-state index in [0.29, 0.717) is 18.3 Å². The largest absolute Gasteiger partial charge is 0.492 e. The molecule has 0 fully saturated rings. The Kier molecular flexibility index (Phi) is 5.45. The molecule has 25 heavy (non-hydrogen) atoms. The Bertz CT molecular complexity index is 767. The summed E-state index contributed by atoms with van der Waals surface area (Å²) in [6, 6.07) is 8.22. The van der Waals surface area contributed by atoms with E-state index in [1.54, 1.807) is 12.5 Å². The summed E-state index contributed by atoms with van der Waals surface area (Å²) in [4.78, 5) is 10.5. The van der Waals surface area contributed by atoms with Crippen LogP contribution in [-0.4, -0.2) is 38.2 Å². The standard InChI is InChI=1S/C18H23N5O2/c1-14(18-20-15(2)21-25-18)22(3)12-16-4-6-17(7-5-16)24-11-10-23-9-8-19-13-23/h4-9,13-14H,10-12H2,1-3H3/t14-/m1/s1. The van der Waals surface area contributed by atoms with Gasteiger partial charge in [0.15, 0.2) is 5.82 Å². The van der Waals surface area contributed by atoms with Crippen molar-refractivity contribution < 1.29 is 9.26 Å². The van der Waals surface area contributed by atoms with Crippen LogP contribution in [-0.2, 0) is 13.1 Å². The first-order chi connectivity index (χ1) is 12.1. The van der Waals surface area contributed by atoms with Crippen molar-refractivity contribution in [3.63, 3.8) is 0 Å². The van der Waals surface area contributed by atoms with E-state index < -0.39 is 0 Å². The Morgan fingerprint density at radius 2 is 2.08 bits per heavy atom. The van der Waals surface area contributed by atoms with E-state index in [-0.39, 0.29) is 6.04 Å². The highest BCUT2D eigenvalue weighted by molar-refractivity contribution is 5.27. The molecule has 1 aromatic carbocycles. The van der Waals surface area contributed by atoms with Gasteiger partial charge in [0, 0.05) is 18.9 Å². The molecule has 1 atom stereocenters. The first-order valence-corrected chi connectivity index (χ1v) is 8.30. The molecule has 0 aliphatic heterocycles. The van der Waals surface area contributed by atoms with Gasteiger partial charge >= 0.3 is 0 Å². The first-order valence-electron chi connectivity index (χ1n) is 8.30. The van der Waals surface area contributed by atoms with Crippen LogP contribution in [0, 0.1) is 6.92 Å². The molecule has 2 heterocycles. The molecule has 7 heteroatoms. The Morgan fingerprint density at radius 3 is 2.72 bits per heavy atom. The zero-order valence-corrected chi connectivity index (χ0v) is 14.8. The smallest absolute Gasteiger partial charge is 0.243 e. The normalized spacial score (nSPS) is 12.5. The average Bonchev–Trinajstić information content (AvgIpc) is 3.27. The molecular formula is C18H23N5O2. The Hall–Kier alpha value is -2.67. The number of imidazole rings is 1. The van der Waals surface area contributed by atoms with Crippen molar-refractivity contribution in [2.24, 2.45) is 0 Å². The summed E-state index contributed by atoms with van der Waals surface area (Å²) in [5.74, 6) is 2.17. The van der Waals surface area contributed by atoms with Gasteiger partial charge in [0.1, 0.15) is 12.4 Å². The Labute approximate surface area is 147 Å². The molecule has 0 unspecified atom stereocenters. The summed E-state index contributed by atoms with van der Waals surface area (Å²) < 4.78 is 13.0. The molecule has 0 amide bonds. The lowest BCUT2D eigenvalue weighted by Gasteiger charge is -2.21. The number of hydrogen-bond donors (Lipinski definition) is 0. The van der Waals surface area contributed by atoms with Crippen molar-refractivity contribution in [3.05, 3.63) is 60.3 Å². The highest BCUT2D eigenvalue weighted by Crippen LogP contribution is 2.20. The van der Waals surface area contributed by atoms with Crippen LogP contribution in [0.25, 0.3) is 0 Å². The van der Waals surface area contributed by atoms with Crippen LogP contribution in [0.5, 0.6) is 5.75 Å². The van der Waals surface area contributed by atoms with Crippen LogP contribution in [0.4, 0.5) is 0 Å². The van der Waals surface area contributed by atoms with Crippen LogP contribution >= 0.6 is 0 Å². The Morgan fingerprint density at radius 1 is 1.28 bits per heavy atom. The summed E-state index contributed by atoms with van der Waals surface area (Å²) in [5.41, 5.74) is 1.20. The van der Waals surface area contributed by atoms with Gasteiger partial charge in [-0.1, -0.05) is 17.3 Å². The lowest BCUT2D eigenvalue weighted by Crippen LogP contribution is -2.22. The molecule has 0 bridgehead atoms. The van der Waals surface area contributed by atoms with Gasteiger partial charge in [-0.05, 0) is 38.6 Å². The molecule has 3 rings (SSSR count). The molecule has 0 aliphatic rings. The van der Waals surface area contributed by atoms with Crippen LogP contribution in [0.15, 0.2) is 47.5 Å². The van der Waals surface area contributed by atoms with E-state index >= 15 is 0 Å². The van der Waals surface area contributed by atoms with Gasteiger partial charge in [-0.25, -0.2) is 4.98 Å². The zero-order valence-electron chi connectivity index (χ0n) is 14.8. The fourth-order valence-corrected chi connectivity index (χ4v) is 2.48. The topological polar surface area (TPSA) is 69.2 Å². The number of aromatic nitrogens is 4. The van der Waals surface area contributed by atoms with Crippen LogP contribution < -0.4 is 4.74 Å². The van der Waals surface area contributed by atoms with Crippen LogP contribution in [0.3, 0.4) is 0 Å². The predicted octanol–water partition coefficient (Wildman–Crippen LogP) is 2.85. The second-order valence-electron chi connectivity index (χ2n) is 6.06. The third-order valence-electron chi connectivity index (χ3n) is 4.09. The quantitative estimate of drug-likeness (QED) is 0.627. The maximum Gasteiger partial charge on any atom is 0.243 e. The lowest BCUT2D eigenvalue weighted by molar-refractivity contribution is 0.202. The SMILES string of the molecule is Cc1noc([C@@H](C)N(C)Cc2ccc(OCCn3ccnc3)cc2)n1.